The Hall–Kier alpha value is 0. The fourth-order valence-electron chi connectivity index (χ4n) is 3.53. The van der Waals surface area contributed by atoms with Gasteiger partial charge in [0.1, 0.15) is 0 Å². The molecule has 1 fully saturated rings. The summed E-state index contributed by atoms with van der Waals surface area (Å²) in [6.45, 7) is 13.5. The quantitative estimate of drug-likeness (QED) is 0.547. The highest BCUT2D eigenvalue weighted by Crippen LogP contribution is 2.45. The third-order valence-corrected chi connectivity index (χ3v) is 3.60. The normalized spacial score (nSPS) is 19.5. The highest BCUT2D eigenvalue weighted by Gasteiger charge is 2.32. The van der Waals surface area contributed by atoms with Crippen LogP contribution in [0.4, 0.5) is 0 Å². The molecule has 1 aliphatic carbocycles. The van der Waals surface area contributed by atoms with Gasteiger partial charge in [-0.2, -0.15) is 0 Å². The number of hydrogen-bond acceptors (Lipinski definition) is 0. The van der Waals surface area contributed by atoms with Crippen molar-refractivity contribution < 1.29 is 0 Å². The van der Waals surface area contributed by atoms with Crippen molar-refractivity contribution in [3.8, 4) is 0 Å². The number of hydrogen-bond donors (Lipinski definition) is 0. The average molecular weight is 226 g/mol. The van der Waals surface area contributed by atoms with E-state index in [4.69, 9.17) is 0 Å². The molecule has 0 radical (unpaired) electrons. The predicted molar refractivity (Wildman–Crippen MR) is 75.8 cm³/mol. The van der Waals surface area contributed by atoms with Gasteiger partial charge < -0.3 is 0 Å². The van der Waals surface area contributed by atoms with E-state index in [9.17, 15) is 0 Å². The van der Waals surface area contributed by atoms with Crippen LogP contribution in [0.5, 0.6) is 0 Å². The molecule has 0 spiro atoms. The largest absolute Gasteiger partial charge is 0.0683 e. The second-order valence-electron chi connectivity index (χ2n) is 6.26. The summed E-state index contributed by atoms with van der Waals surface area (Å²) in [6, 6.07) is 0. The lowest BCUT2D eigenvalue weighted by molar-refractivity contribution is 0.117. The maximum atomic E-state index is 2.39. The Balaban J connectivity index is 0.00000106. The molecule has 0 saturated heterocycles. The van der Waals surface area contributed by atoms with Crippen molar-refractivity contribution in [3.05, 3.63) is 0 Å². The molecule has 0 heteroatoms. The van der Waals surface area contributed by atoms with Crippen molar-refractivity contribution in [2.75, 3.05) is 0 Å². The fourth-order valence-corrected chi connectivity index (χ4v) is 3.53. The minimum absolute atomic E-state index is 0.723. The van der Waals surface area contributed by atoms with Crippen LogP contribution in [-0.4, -0.2) is 0 Å². The second-order valence-corrected chi connectivity index (χ2v) is 6.26. The SMILES string of the molecule is CC.CC(C)CC1(CC(C)C)CCCCC1. The molecule has 0 nitrogen and oxygen atoms in total. The Labute approximate surface area is 104 Å². The van der Waals surface area contributed by atoms with Gasteiger partial charge in [0.15, 0.2) is 0 Å². The van der Waals surface area contributed by atoms with Crippen LogP contribution in [0.15, 0.2) is 0 Å². The van der Waals surface area contributed by atoms with Gasteiger partial charge in [0.25, 0.3) is 0 Å². The number of rotatable bonds is 4. The monoisotopic (exact) mass is 226 g/mol. The van der Waals surface area contributed by atoms with Crippen LogP contribution in [0.2, 0.25) is 0 Å². The van der Waals surface area contributed by atoms with E-state index in [0.29, 0.717) is 0 Å². The van der Waals surface area contributed by atoms with Crippen LogP contribution in [-0.2, 0) is 0 Å². The summed E-state index contributed by atoms with van der Waals surface area (Å²) in [7, 11) is 0. The molecule has 0 aliphatic heterocycles. The molecule has 0 heterocycles. The summed E-state index contributed by atoms with van der Waals surface area (Å²) in [5.74, 6) is 1.76. The molecule has 1 rings (SSSR count). The minimum atomic E-state index is 0.723. The van der Waals surface area contributed by atoms with Crippen molar-refractivity contribution in [1.29, 1.82) is 0 Å². The van der Waals surface area contributed by atoms with Crippen LogP contribution in [0.1, 0.15) is 86.5 Å². The highest BCUT2D eigenvalue weighted by atomic mass is 14.4. The first-order valence-electron chi connectivity index (χ1n) is 7.54. The van der Waals surface area contributed by atoms with Crippen LogP contribution in [0.25, 0.3) is 0 Å². The molecule has 16 heavy (non-hydrogen) atoms. The van der Waals surface area contributed by atoms with Gasteiger partial charge in [-0.05, 0) is 42.9 Å². The average Bonchev–Trinajstić information content (AvgIpc) is 2.19. The summed E-state index contributed by atoms with van der Waals surface area (Å²) >= 11 is 0. The van der Waals surface area contributed by atoms with Gasteiger partial charge in [-0.3, -0.25) is 0 Å². The summed E-state index contributed by atoms with van der Waals surface area (Å²) in [5, 5.41) is 0. The van der Waals surface area contributed by atoms with Crippen molar-refractivity contribution in [2.45, 2.75) is 86.5 Å². The third kappa shape index (κ3) is 5.92. The molecule has 1 saturated carbocycles. The predicted octanol–water partition coefficient (Wildman–Crippen LogP) is 6.06. The summed E-state index contributed by atoms with van der Waals surface area (Å²) < 4.78 is 0. The van der Waals surface area contributed by atoms with E-state index in [2.05, 4.69) is 27.7 Å². The van der Waals surface area contributed by atoms with Gasteiger partial charge in [0.05, 0.1) is 0 Å². The lowest BCUT2D eigenvalue weighted by atomic mass is 9.65. The van der Waals surface area contributed by atoms with E-state index in [1.165, 1.54) is 44.9 Å². The molecule has 0 aromatic carbocycles. The molecule has 0 bridgehead atoms. The van der Waals surface area contributed by atoms with Gasteiger partial charge in [0.2, 0.25) is 0 Å². The van der Waals surface area contributed by atoms with Gasteiger partial charge >= 0.3 is 0 Å². The molecule has 1 aliphatic rings. The lowest BCUT2D eigenvalue weighted by Gasteiger charge is -2.40. The van der Waals surface area contributed by atoms with E-state index in [1.54, 1.807) is 0 Å². The molecular weight excluding hydrogens is 192 g/mol. The molecule has 0 atom stereocenters. The molecule has 98 valence electrons. The first-order valence-corrected chi connectivity index (χ1v) is 7.54. The topological polar surface area (TPSA) is 0 Å². The van der Waals surface area contributed by atoms with Crippen molar-refractivity contribution in [1.82, 2.24) is 0 Å². The second kappa shape index (κ2) is 8.14. The van der Waals surface area contributed by atoms with Crippen LogP contribution in [0.3, 0.4) is 0 Å². The minimum Gasteiger partial charge on any atom is -0.0683 e. The maximum absolute atomic E-state index is 2.39. The van der Waals surface area contributed by atoms with Crippen molar-refractivity contribution in [2.24, 2.45) is 17.3 Å². The summed E-state index contributed by atoms with van der Waals surface area (Å²) in [5.41, 5.74) is 0.723. The Kier molecular flexibility index (Phi) is 8.14. The molecule has 0 aromatic rings. The van der Waals surface area contributed by atoms with Crippen LogP contribution >= 0.6 is 0 Å². The van der Waals surface area contributed by atoms with Gasteiger partial charge in [-0.1, -0.05) is 60.8 Å². The maximum Gasteiger partial charge on any atom is -0.0293 e. The first kappa shape index (κ1) is 16.0. The zero-order valence-corrected chi connectivity index (χ0v) is 12.6. The third-order valence-electron chi connectivity index (χ3n) is 3.60. The van der Waals surface area contributed by atoms with Gasteiger partial charge in [-0.25, -0.2) is 0 Å². The van der Waals surface area contributed by atoms with E-state index in [1.807, 2.05) is 13.8 Å². The summed E-state index contributed by atoms with van der Waals surface area (Å²) in [4.78, 5) is 0. The lowest BCUT2D eigenvalue weighted by Crippen LogP contribution is -2.27. The molecule has 0 aromatic heterocycles. The van der Waals surface area contributed by atoms with Crippen molar-refractivity contribution >= 4 is 0 Å². The Morgan fingerprint density at radius 3 is 1.44 bits per heavy atom. The standard InChI is InChI=1S/C14H28.C2H6/c1-12(2)10-14(11-13(3)4)8-6-5-7-9-14;1-2/h12-13H,5-11H2,1-4H3;1-2H3. The van der Waals surface area contributed by atoms with E-state index in [-0.39, 0.29) is 0 Å². The smallest absolute Gasteiger partial charge is 0.0293 e. The van der Waals surface area contributed by atoms with Crippen LogP contribution in [0, 0.1) is 17.3 Å². The van der Waals surface area contributed by atoms with Crippen molar-refractivity contribution in [3.63, 3.8) is 0 Å². The molecule has 0 N–H and O–H groups in total. The zero-order chi connectivity index (χ0) is 12.6. The Bertz CT molecular complexity index is 137. The van der Waals surface area contributed by atoms with E-state index in [0.717, 1.165) is 17.3 Å². The van der Waals surface area contributed by atoms with E-state index >= 15 is 0 Å². The van der Waals surface area contributed by atoms with Gasteiger partial charge in [-0.15, -0.1) is 0 Å². The van der Waals surface area contributed by atoms with Crippen LogP contribution < -0.4 is 0 Å². The summed E-state index contributed by atoms with van der Waals surface area (Å²) in [6.07, 6.45) is 10.4. The fraction of sp³-hybridized carbons (Fsp3) is 1.00. The molecule has 0 unspecified atom stereocenters. The van der Waals surface area contributed by atoms with Gasteiger partial charge in [0, 0.05) is 0 Å². The first-order chi connectivity index (χ1) is 7.54. The molecular formula is C16H34. The zero-order valence-electron chi connectivity index (χ0n) is 12.6. The molecule has 0 amide bonds. The van der Waals surface area contributed by atoms with E-state index < -0.39 is 0 Å². The Morgan fingerprint density at radius 2 is 1.12 bits per heavy atom. The highest BCUT2D eigenvalue weighted by molar-refractivity contribution is 4.84. The Morgan fingerprint density at radius 1 is 0.750 bits per heavy atom.